The average molecular weight is 266 g/mol. The number of piperidine rings is 1. The van der Waals surface area contributed by atoms with E-state index in [0.717, 1.165) is 24.3 Å². The Morgan fingerprint density at radius 1 is 1.56 bits per heavy atom. The predicted molar refractivity (Wildman–Crippen MR) is 76.0 cm³/mol. The molecule has 2 atom stereocenters. The number of carbonyl (C=O) groups is 1. The summed E-state index contributed by atoms with van der Waals surface area (Å²) in [5, 5.41) is 0. The Morgan fingerprint density at radius 3 is 2.94 bits per heavy atom. The summed E-state index contributed by atoms with van der Waals surface area (Å²) in [6.45, 7) is 5.73. The number of likely N-dealkylation sites (tertiary alicyclic amines) is 1. The molecule has 1 fully saturated rings. The van der Waals surface area contributed by atoms with E-state index in [2.05, 4.69) is 19.9 Å². The third-order valence-corrected chi connectivity index (χ3v) is 5.06. The van der Waals surface area contributed by atoms with Crippen molar-refractivity contribution in [2.24, 2.45) is 11.7 Å². The van der Waals surface area contributed by atoms with Crippen LogP contribution in [0.25, 0.3) is 0 Å². The van der Waals surface area contributed by atoms with Crippen molar-refractivity contribution in [3.63, 3.8) is 0 Å². The number of hydrogen-bond donors (Lipinski definition) is 1. The van der Waals surface area contributed by atoms with Crippen molar-refractivity contribution in [2.75, 3.05) is 13.1 Å². The standard InChI is InChI=1S/C14H22N2OS/c1-3-11-6-7-13(18-11)14(17)16-8-4-5-10(2)12(16)9-15/h6-7,10,12H,3-5,8-9,15H2,1-2H3. The van der Waals surface area contributed by atoms with Gasteiger partial charge in [0.2, 0.25) is 0 Å². The summed E-state index contributed by atoms with van der Waals surface area (Å²) in [4.78, 5) is 16.6. The Balaban J connectivity index is 2.16. The number of hydrogen-bond acceptors (Lipinski definition) is 3. The van der Waals surface area contributed by atoms with Gasteiger partial charge in [-0.05, 0) is 37.3 Å². The van der Waals surface area contributed by atoms with Crippen LogP contribution in [0.2, 0.25) is 0 Å². The summed E-state index contributed by atoms with van der Waals surface area (Å²) in [5.41, 5.74) is 5.84. The van der Waals surface area contributed by atoms with Crippen LogP contribution >= 0.6 is 11.3 Å². The molecule has 2 rings (SSSR count). The van der Waals surface area contributed by atoms with Crippen molar-refractivity contribution in [1.29, 1.82) is 0 Å². The zero-order valence-corrected chi connectivity index (χ0v) is 12.0. The topological polar surface area (TPSA) is 46.3 Å². The lowest BCUT2D eigenvalue weighted by Crippen LogP contribution is -2.51. The Hall–Kier alpha value is -0.870. The average Bonchev–Trinajstić information content (AvgIpc) is 2.86. The molecule has 0 saturated carbocycles. The fraction of sp³-hybridized carbons (Fsp3) is 0.643. The third kappa shape index (κ3) is 2.59. The lowest BCUT2D eigenvalue weighted by atomic mass is 9.90. The minimum Gasteiger partial charge on any atom is -0.333 e. The van der Waals surface area contributed by atoms with Crippen LogP contribution in [-0.4, -0.2) is 29.9 Å². The summed E-state index contributed by atoms with van der Waals surface area (Å²) < 4.78 is 0. The normalized spacial score (nSPS) is 24.3. The first-order valence-corrected chi connectivity index (χ1v) is 7.58. The number of aryl methyl sites for hydroxylation is 1. The van der Waals surface area contributed by atoms with E-state index >= 15 is 0 Å². The van der Waals surface area contributed by atoms with Gasteiger partial charge in [-0.25, -0.2) is 0 Å². The van der Waals surface area contributed by atoms with E-state index in [4.69, 9.17) is 5.73 Å². The third-order valence-electron chi connectivity index (χ3n) is 3.84. The molecular weight excluding hydrogens is 244 g/mol. The van der Waals surface area contributed by atoms with Crippen LogP contribution in [0.5, 0.6) is 0 Å². The van der Waals surface area contributed by atoms with E-state index in [1.54, 1.807) is 11.3 Å². The molecule has 18 heavy (non-hydrogen) atoms. The number of rotatable bonds is 3. The second-order valence-electron chi connectivity index (χ2n) is 5.04. The van der Waals surface area contributed by atoms with Crippen LogP contribution in [0, 0.1) is 5.92 Å². The quantitative estimate of drug-likeness (QED) is 0.913. The lowest BCUT2D eigenvalue weighted by molar-refractivity contribution is 0.0537. The van der Waals surface area contributed by atoms with Crippen LogP contribution in [-0.2, 0) is 6.42 Å². The largest absolute Gasteiger partial charge is 0.333 e. The first-order valence-electron chi connectivity index (χ1n) is 6.77. The molecule has 4 heteroatoms. The van der Waals surface area contributed by atoms with E-state index in [1.165, 1.54) is 11.3 Å². The van der Waals surface area contributed by atoms with Gasteiger partial charge in [-0.15, -0.1) is 11.3 Å². The molecule has 0 bridgehead atoms. The monoisotopic (exact) mass is 266 g/mol. The predicted octanol–water partition coefficient (Wildman–Crippen LogP) is 2.51. The van der Waals surface area contributed by atoms with E-state index in [-0.39, 0.29) is 11.9 Å². The Kier molecular flexibility index (Phi) is 4.40. The molecule has 100 valence electrons. The molecule has 0 aliphatic carbocycles. The summed E-state index contributed by atoms with van der Waals surface area (Å²) in [7, 11) is 0. The fourth-order valence-corrected chi connectivity index (χ4v) is 3.59. The maximum absolute atomic E-state index is 12.5. The minimum atomic E-state index is 0.168. The van der Waals surface area contributed by atoms with E-state index in [1.807, 2.05) is 11.0 Å². The highest BCUT2D eigenvalue weighted by molar-refractivity contribution is 7.14. The van der Waals surface area contributed by atoms with Crippen molar-refractivity contribution in [3.05, 3.63) is 21.9 Å². The molecule has 3 nitrogen and oxygen atoms in total. The highest BCUT2D eigenvalue weighted by Crippen LogP contribution is 2.26. The summed E-state index contributed by atoms with van der Waals surface area (Å²) in [5.74, 6) is 0.681. The highest BCUT2D eigenvalue weighted by atomic mass is 32.1. The van der Waals surface area contributed by atoms with Crippen LogP contribution in [0.15, 0.2) is 12.1 Å². The number of carbonyl (C=O) groups excluding carboxylic acids is 1. The summed E-state index contributed by atoms with van der Waals surface area (Å²) >= 11 is 1.62. The van der Waals surface area contributed by atoms with Crippen molar-refractivity contribution < 1.29 is 4.79 Å². The number of nitrogens with two attached hydrogens (primary N) is 1. The van der Waals surface area contributed by atoms with Gasteiger partial charge >= 0.3 is 0 Å². The molecule has 2 N–H and O–H groups in total. The van der Waals surface area contributed by atoms with Gasteiger partial charge in [-0.3, -0.25) is 4.79 Å². The maximum atomic E-state index is 12.5. The van der Waals surface area contributed by atoms with Crippen LogP contribution in [0.1, 0.15) is 41.2 Å². The molecule has 1 amide bonds. The maximum Gasteiger partial charge on any atom is 0.264 e. The zero-order chi connectivity index (χ0) is 13.1. The second kappa shape index (κ2) is 5.85. The molecule has 1 aliphatic heterocycles. The van der Waals surface area contributed by atoms with Crippen LogP contribution < -0.4 is 5.73 Å². The SMILES string of the molecule is CCc1ccc(C(=O)N2CCCC(C)C2CN)s1. The minimum absolute atomic E-state index is 0.168. The molecule has 2 heterocycles. The van der Waals surface area contributed by atoms with Gasteiger partial charge in [-0.1, -0.05) is 13.8 Å². The second-order valence-corrected chi connectivity index (χ2v) is 6.21. The van der Waals surface area contributed by atoms with E-state index in [0.29, 0.717) is 12.5 Å². The number of amides is 1. The number of thiophene rings is 1. The van der Waals surface area contributed by atoms with Crippen LogP contribution in [0.4, 0.5) is 0 Å². The number of nitrogens with zero attached hydrogens (tertiary/aromatic N) is 1. The van der Waals surface area contributed by atoms with Crippen molar-refractivity contribution in [1.82, 2.24) is 4.90 Å². The molecule has 1 aromatic heterocycles. The molecule has 1 aromatic rings. The highest BCUT2D eigenvalue weighted by Gasteiger charge is 2.31. The molecule has 0 aromatic carbocycles. The zero-order valence-electron chi connectivity index (χ0n) is 11.2. The van der Waals surface area contributed by atoms with E-state index < -0.39 is 0 Å². The van der Waals surface area contributed by atoms with Gasteiger partial charge < -0.3 is 10.6 Å². The molecule has 0 spiro atoms. The van der Waals surface area contributed by atoms with Gasteiger partial charge in [0.05, 0.1) is 4.88 Å². The first-order chi connectivity index (χ1) is 8.67. The van der Waals surface area contributed by atoms with Gasteiger partial charge in [0.25, 0.3) is 5.91 Å². The van der Waals surface area contributed by atoms with E-state index in [9.17, 15) is 4.79 Å². The Labute approximate surface area is 113 Å². The molecule has 0 radical (unpaired) electrons. The van der Waals surface area contributed by atoms with Crippen LogP contribution in [0.3, 0.4) is 0 Å². The van der Waals surface area contributed by atoms with Gasteiger partial charge in [-0.2, -0.15) is 0 Å². The van der Waals surface area contributed by atoms with Crippen molar-refractivity contribution >= 4 is 17.2 Å². The summed E-state index contributed by atoms with van der Waals surface area (Å²) in [6.07, 6.45) is 3.26. The molecular formula is C14H22N2OS. The smallest absolute Gasteiger partial charge is 0.264 e. The molecule has 1 saturated heterocycles. The van der Waals surface area contributed by atoms with Crippen molar-refractivity contribution in [2.45, 2.75) is 39.2 Å². The summed E-state index contributed by atoms with van der Waals surface area (Å²) in [6, 6.07) is 4.22. The molecule has 2 unspecified atom stereocenters. The Morgan fingerprint density at radius 2 is 2.33 bits per heavy atom. The lowest BCUT2D eigenvalue weighted by Gasteiger charge is -2.39. The Bertz CT molecular complexity index is 416. The van der Waals surface area contributed by atoms with Gasteiger partial charge in [0.1, 0.15) is 0 Å². The fourth-order valence-electron chi connectivity index (χ4n) is 2.69. The van der Waals surface area contributed by atoms with Gasteiger partial charge in [0.15, 0.2) is 0 Å². The van der Waals surface area contributed by atoms with Crippen molar-refractivity contribution in [3.8, 4) is 0 Å². The van der Waals surface area contributed by atoms with Gasteiger partial charge in [0, 0.05) is 24.0 Å². The molecule has 1 aliphatic rings. The first kappa shape index (κ1) is 13.6.